The van der Waals surface area contributed by atoms with Gasteiger partial charge in [0.25, 0.3) is 0 Å². The molecule has 4 heteroatoms. The first kappa shape index (κ1) is 12.2. The van der Waals surface area contributed by atoms with Crippen molar-refractivity contribution in [2.75, 3.05) is 0 Å². The monoisotopic (exact) mass is 267 g/mol. The van der Waals surface area contributed by atoms with Gasteiger partial charge in [-0.25, -0.2) is 0 Å². The number of ether oxygens (including phenoxy) is 1. The summed E-state index contributed by atoms with van der Waals surface area (Å²) >= 11 is 11.7. The summed E-state index contributed by atoms with van der Waals surface area (Å²) in [6.07, 6.45) is 1.74. The number of hydrogen-bond donors (Lipinski definition) is 0. The van der Waals surface area contributed by atoms with E-state index in [0.29, 0.717) is 17.5 Å². The lowest BCUT2D eigenvalue weighted by Gasteiger charge is -2.09. The van der Waals surface area contributed by atoms with Crippen LogP contribution in [-0.4, -0.2) is 4.98 Å². The molecule has 1 aromatic carbocycles. The molecule has 17 heavy (non-hydrogen) atoms. The summed E-state index contributed by atoms with van der Waals surface area (Å²) < 4.78 is 5.66. The van der Waals surface area contributed by atoms with Gasteiger partial charge < -0.3 is 4.74 Å². The fraction of sp³-hybridized carbons (Fsp3) is 0.154. The number of halogens is 2. The molecule has 0 atom stereocenters. The van der Waals surface area contributed by atoms with Gasteiger partial charge in [0.15, 0.2) is 0 Å². The molecule has 1 aromatic heterocycles. The quantitative estimate of drug-likeness (QED) is 0.780. The molecule has 0 bridgehead atoms. The minimum Gasteiger partial charge on any atom is -0.487 e. The normalized spacial score (nSPS) is 10.2. The van der Waals surface area contributed by atoms with E-state index < -0.39 is 0 Å². The van der Waals surface area contributed by atoms with Crippen LogP contribution in [0, 0.1) is 0 Å². The molecule has 2 nitrogen and oxygen atoms in total. The third kappa shape index (κ3) is 3.35. The Hall–Kier alpha value is -1.25. The molecule has 0 N–H and O–H groups in total. The second-order valence-corrected chi connectivity index (χ2v) is 4.20. The molecule has 0 radical (unpaired) electrons. The Morgan fingerprint density at radius 1 is 1.18 bits per heavy atom. The van der Waals surface area contributed by atoms with Crippen molar-refractivity contribution in [2.24, 2.45) is 0 Å². The van der Waals surface area contributed by atoms with Crippen molar-refractivity contribution < 1.29 is 4.74 Å². The summed E-state index contributed by atoms with van der Waals surface area (Å²) in [5, 5.41) is 0.658. The van der Waals surface area contributed by atoms with Crippen molar-refractivity contribution in [3.05, 3.63) is 58.9 Å². The molecular weight excluding hydrogens is 257 g/mol. The van der Waals surface area contributed by atoms with Crippen molar-refractivity contribution in [2.45, 2.75) is 12.5 Å². The van der Waals surface area contributed by atoms with Gasteiger partial charge in [-0.05, 0) is 30.3 Å². The maximum atomic E-state index is 5.89. The van der Waals surface area contributed by atoms with Gasteiger partial charge in [0, 0.05) is 16.8 Å². The van der Waals surface area contributed by atoms with Gasteiger partial charge in [-0.2, -0.15) is 0 Å². The number of benzene rings is 1. The molecule has 0 amide bonds. The van der Waals surface area contributed by atoms with Gasteiger partial charge in [-0.3, -0.25) is 4.98 Å². The van der Waals surface area contributed by atoms with Gasteiger partial charge in [-0.15, -0.1) is 11.6 Å². The van der Waals surface area contributed by atoms with E-state index in [1.165, 1.54) is 0 Å². The van der Waals surface area contributed by atoms with Crippen molar-refractivity contribution >= 4 is 23.2 Å². The van der Waals surface area contributed by atoms with E-state index in [0.717, 1.165) is 17.0 Å². The van der Waals surface area contributed by atoms with Crippen LogP contribution in [0.15, 0.2) is 42.6 Å². The standard InChI is InChI=1S/C13H11Cl2NO/c14-8-10-7-11(15)4-5-13(10)17-9-12-3-1-2-6-16-12/h1-7H,8-9H2. The second-order valence-electron chi connectivity index (χ2n) is 3.50. The molecule has 0 saturated heterocycles. The summed E-state index contributed by atoms with van der Waals surface area (Å²) in [5.74, 6) is 1.12. The number of alkyl halides is 1. The first-order valence-corrected chi connectivity index (χ1v) is 6.08. The minimum atomic E-state index is 0.373. The Labute approximate surface area is 110 Å². The Balaban J connectivity index is 2.09. The van der Waals surface area contributed by atoms with Crippen LogP contribution in [0.25, 0.3) is 0 Å². The Morgan fingerprint density at radius 3 is 2.76 bits per heavy atom. The molecule has 88 valence electrons. The molecule has 2 rings (SSSR count). The molecular formula is C13H11Cl2NO. The third-order valence-corrected chi connectivity index (χ3v) is 2.79. The van der Waals surface area contributed by atoms with Crippen LogP contribution in [0.1, 0.15) is 11.3 Å². The highest BCUT2D eigenvalue weighted by atomic mass is 35.5. The molecule has 0 aliphatic rings. The lowest BCUT2D eigenvalue weighted by molar-refractivity contribution is 0.299. The predicted octanol–water partition coefficient (Wildman–Crippen LogP) is 4.05. The van der Waals surface area contributed by atoms with Crippen LogP contribution in [-0.2, 0) is 12.5 Å². The summed E-state index contributed by atoms with van der Waals surface area (Å²) in [7, 11) is 0. The molecule has 0 aliphatic carbocycles. The van der Waals surface area contributed by atoms with Crippen LogP contribution >= 0.6 is 23.2 Å². The largest absolute Gasteiger partial charge is 0.487 e. The van der Waals surface area contributed by atoms with E-state index in [-0.39, 0.29) is 0 Å². The Bertz CT molecular complexity index is 488. The summed E-state index contributed by atoms with van der Waals surface area (Å²) in [4.78, 5) is 4.18. The molecule has 2 aromatic rings. The van der Waals surface area contributed by atoms with Gasteiger partial charge in [0.1, 0.15) is 12.4 Å². The van der Waals surface area contributed by atoms with Crippen molar-refractivity contribution in [1.29, 1.82) is 0 Å². The lowest BCUT2D eigenvalue weighted by atomic mass is 10.2. The lowest BCUT2D eigenvalue weighted by Crippen LogP contribution is -1.99. The zero-order valence-electron chi connectivity index (χ0n) is 9.07. The maximum Gasteiger partial charge on any atom is 0.130 e. The molecule has 0 fully saturated rings. The first-order valence-electron chi connectivity index (χ1n) is 5.16. The maximum absolute atomic E-state index is 5.89. The van der Waals surface area contributed by atoms with Crippen LogP contribution < -0.4 is 4.74 Å². The summed E-state index contributed by atoms with van der Waals surface area (Å²) in [6.45, 7) is 0.423. The van der Waals surface area contributed by atoms with Gasteiger partial charge in [0.05, 0.1) is 11.6 Å². The topological polar surface area (TPSA) is 22.1 Å². The van der Waals surface area contributed by atoms with Crippen LogP contribution in [0.2, 0.25) is 5.02 Å². The highest BCUT2D eigenvalue weighted by Crippen LogP contribution is 2.25. The average Bonchev–Trinajstić information content (AvgIpc) is 2.38. The van der Waals surface area contributed by atoms with Crippen LogP contribution in [0.3, 0.4) is 0 Å². The number of aromatic nitrogens is 1. The second kappa shape index (κ2) is 5.89. The van der Waals surface area contributed by atoms with Crippen LogP contribution in [0.5, 0.6) is 5.75 Å². The van der Waals surface area contributed by atoms with E-state index in [9.17, 15) is 0 Å². The van der Waals surface area contributed by atoms with Gasteiger partial charge >= 0.3 is 0 Å². The average molecular weight is 268 g/mol. The summed E-state index contributed by atoms with van der Waals surface area (Å²) in [6, 6.07) is 11.1. The number of rotatable bonds is 4. The van der Waals surface area contributed by atoms with Crippen LogP contribution in [0.4, 0.5) is 0 Å². The summed E-state index contributed by atoms with van der Waals surface area (Å²) in [5.41, 5.74) is 1.76. The third-order valence-electron chi connectivity index (χ3n) is 2.27. The van der Waals surface area contributed by atoms with Gasteiger partial charge in [-0.1, -0.05) is 17.7 Å². The zero-order chi connectivity index (χ0) is 12.1. The minimum absolute atomic E-state index is 0.373. The van der Waals surface area contributed by atoms with Crippen molar-refractivity contribution in [3.8, 4) is 5.75 Å². The van der Waals surface area contributed by atoms with Crippen molar-refractivity contribution in [3.63, 3.8) is 0 Å². The zero-order valence-corrected chi connectivity index (χ0v) is 10.6. The fourth-order valence-corrected chi connectivity index (χ4v) is 1.83. The van der Waals surface area contributed by atoms with Crippen molar-refractivity contribution in [1.82, 2.24) is 4.98 Å². The van der Waals surface area contributed by atoms with E-state index >= 15 is 0 Å². The molecule has 0 unspecified atom stereocenters. The predicted molar refractivity (Wildman–Crippen MR) is 69.6 cm³/mol. The molecule has 0 saturated carbocycles. The number of nitrogens with zero attached hydrogens (tertiary/aromatic N) is 1. The highest BCUT2D eigenvalue weighted by molar-refractivity contribution is 6.30. The van der Waals surface area contributed by atoms with E-state index in [4.69, 9.17) is 27.9 Å². The number of pyridine rings is 1. The molecule has 1 heterocycles. The fourth-order valence-electron chi connectivity index (χ4n) is 1.43. The first-order chi connectivity index (χ1) is 8.29. The number of hydrogen-bond acceptors (Lipinski definition) is 2. The Kier molecular flexibility index (Phi) is 4.24. The van der Waals surface area contributed by atoms with E-state index in [1.54, 1.807) is 12.3 Å². The van der Waals surface area contributed by atoms with E-state index in [2.05, 4.69) is 4.98 Å². The highest BCUT2D eigenvalue weighted by Gasteiger charge is 2.04. The molecule has 0 spiro atoms. The van der Waals surface area contributed by atoms with E-state index in [1.807, 2.05) is 30.3 Å². The van der Waals surface area contributed by atoms with Gasteiger partial charge in [0.2, 0.25) is 0 Å². The molecule has 0 aliphatic heterocycles. The Morgan fingerprint density at radius 2 is 2.06 bits per heavy atom. The smallest absolute Gasteiger partial charge is 0.130 e. The SMILES string of the molecule is ClCc1cc(Cl)ccc1OCc1ccccn1.